The minimum atomic E-state index is -0.183. The lowest BCUT2D eigenvalue weighted by atomic mass is 10.0. The molecule has 2 atom stereocenters. The molecule has 0 bridgehead atoms. The van der Waals surface area contributed by atoms with Crippen LogP contribution in [-0.2, 0) is 4.74 Å². The normalized spacial score (nSPS) is 17.4. The summed E-state index contributed by atoms with van der Waals surface area (Å²) in [5.74, 6) is 1.30. The van der Waals surface area contributed by atoms with Crippen LogP contribution in [0, 0.1) is 11.7 Å². The number of nitrogens with zero attached hydrogens (tertiary/aromatic N) is 2. The minimum Gasteiger partial charge on any atom is -0.379 e. The topological polar surface area (TPSA) is 15.7 Å². The van der Waals surface area contributed by atoms with E-state index in [0.717, 1.165) is 38.6 Å². The molecule has 2 aromatic rings. The highest BCUT2D eigenvalue weighted by Crippen LogP contribution is 2.43. The quantitative estimate of drug-likeness (QED) is 0.469. The van der Waals surface area contributed by atoms with Gasteiger partial charge in [-0.3, -0.25) is 4.90 Å². The van der Waals surface area contributed by atoms with Crippen LogP contribution < -0.4 is 4.90 Å². The molecular formula is C25H35FN2OS. The SMILES string of the molecule is CCN(CC)C(COCC(C)C)CN1c2ccccc2SCC1c1ccc(F)cc1. The van der Waals surface area contributed by atoms with Gasteiger partial charge in [-0.25, -0.2) is 4.39 Å². The van der Waals surface area contributed by atoms with E-state index in [4.69, 9.17) is 4.74 Å². The molecule has 3 rings (SSSR count). The Hall–Kier alpha value is -1.56. The molecule has 0 aromatic heterocycles. The summed E-state index contributed by atoms with van der Waals surface area (Å²) in [6.45, 7) is 13.2. The second-order valence-corrected chi connectivity index (χ2v) is 9.37. The van der Waals surface area contributed by atoms with Gasteiger partial charge in [-0.1, -0.05) is 52.0 Å². The highest BCUT2D eigenvalue weighted by atomic mass is 32.2. The van der Waals surface area contributed by atoms with Crippen molar-refractivity contribution in [3.8, 4) is 0 Å². The van der Waals surface area contributed by atoms with Gasteiger partial charge in [0.2, 0.25) is 0 Å². The Morgan fingerprint density at radius 1 is 1.07 bits per heavy atom. The Labute approximate surface area is 185 Å². The molecule has 0 aliphatic carbocycles. The van der Waals surface area contributed by atoms with Crippen molar-refractivity contribution in [1.82, 2.24) is 4.90 Å². The Balaban J connectivity index is 1.89. The van der Waals surface area contributed by atoms with Crippen LogP contribution in [0.1, 0.15) is 39.3 Å². The fraction of sp³-hybridized carbons (Fsp3) is 0.520. The number of fused-ring (bicyclic) bond motifs is 1. The van der Waals surface area contributed by atoms with Crippen molar-refractivity contribution in [3.63, 3.8) is 0 Å². The van der Waals surface area contributed by atoms with Crippen molar-refractivity contribution < 1.29 is 9.13 Å². The molecule has 0 radical (unpaired) electrons. The van der Waals surface area contributed by atoms with Crippen LogP contribution in [0.15, 0.2) is 53.4 Å². The number of likely N-dealkylation sites (N-methyl/N-ethyl adjacent to an activating group) is 1. The third-order valence-corrected chi connectivity index (χ3v) is 6.84. The van der Waals surface area contributed by atoms with Crippen LogP contribution in [0.4, 0.5) is 10.1 Å². The van der Waals surface area contributed by atoms with Gasteiger partial charge in [-0.2, -0.15) is 0 Å². The number of hydrogen-bond donors (Lipinski definition) is 0. The standard InChI is InChI=1S/C25H35FN2OS/c1-5-27(6-2)22(17-29-16-19(3)4)15-28-23-9-7-8-10-25(23)30-18-24(28)20-11-13-21(26)14-12-20/h7-14,19,22,24H,5-6,15-18H2,1-4H3. The Morgan fingerprint density at radius 2 is 1.77 bits per heavy atom. The molecule has 164 valence electrons. The molecule has 30 heavy (non-hydrogen) atoms. The second-order valence-electron chi connectivity index (χ2n) is 8.30. The molecular weight excluding hydrogens is 395 g/mol. The largest absolute Gasteiger partial charge is 0.379 e. The van der Waals surface area contributed by atoms with E-state index in [2.05, 4.69) is 61.8 Å². The molecule has 0 amide bonds. The maximum absolute atomic E-state index is 13.6. The summed E-state index contributed by atoms with van der Waals surface area (Å²) in [5, 5.41) is 0. The van der Waals surface area contributed by atoms with Crippen LogP contribution in [0.2, 0.25) is 0 Å². The van der Waals surface area contributed by atoms with Crippen molar-refractivity contribution in [2.45, 2.75) is 44.7 Å². The highest BCUT2D eigenvalue weighted by molar-refractivity contribution is 7.99. The molecule has 3 nitrogen and oxygen atoms in total. The van der Waals surface area contributed by atoms with E-state index in [1.165, 1.54) is 16.1 Å². The highest BCUT2D eigenvalue weighted by Gasteiger charge is 2.31. The number of rotatable bonds is 10. The summed E-state index contributed by atoms with van der Waals surface area (Å²) in [4.78, 5) is 6.32. The van der Waals surface area contributed by atoms with E-state index >= 15 is 0 Å². The molecule has 0 saturated heterocycles. The van der Waals surface area contributed by atoms with E-state index in [0.29, 0.717) is 12.0 Å². The summed E-state index contributed by atoms with van der Waals surface area (Å²) in [6.07, 6.45) is 0. The van der Waals surface area contributed by atoms with Gasteiger partial charge in [0.25, 0.3) is 0 Å². The van der Waals surface area contributed by atoms with E-state index < -0.39 is 0 Å². The zero-order valence-corrected chi connectivity index (χ0v) is 19.5. The molecule has 2 unspecified atom stereocenters. The number of benzene rings is 2. The number of hydrogen-bond acceptors (Lipinski definition) is 4. The molecule has 1 heterocycles. The van der Waals surface area contributed by atoms with E-state index in [9.17, 15) is 4.39 Å². The molecule has 5 heteroatoms. The number of anilines is 1. The molecule has 0 spiro atoms. The lowest BCUT2D eigenvalue weighted by Crippen LogP contribution is -2.49. The monoisotopic (exact) mass is 430 g/mol. The fourth-order valence-electron chi connectivity index (χ4n) is 4.11. The molecule has 0 fully saturated rings. The average molecular weight is 431 g/mol. The first kappa shape index (κ1) is 23.1. The van der Waals surface area contributed by atoms with E-state index in [-0.39, 0.29) is 11.9 Å². The van der Waals surface area contributed by atoms with Gasteiger partial charge >= 0.3 is 0 Å². The average Bonchev–Trinajstić information content (AvgIpc) is 2.75. The molecule has 0 saturated carbocycles. The summed E-state index contributed by atoms with van der Waals surface area (Å²) in [7, 11) is 0. The van der Waals surface area contributed by atoms with E-state index in [1.807, 2.05) is 23.9 Å². The maximum atomic E-state index is 13.6. The second kappa shape index (κ2) is 11.2. The van der Waals surface area contributed by atoms with Crippen molar-refractivity contribution in [3.05, 3.63) is 59.9 Å². The summed E-state index contributed by atoms with van der Waals surface area (Å²) in [5.41, 5.74) is 2.43. The minimum absolute atomic E-state index is 0.183. The van der Waals surface area contributed by atoms with Gasteiger partial charge < -0.3 is 9.64 Å². The van der Waals surface area contributed by atoms with Crippen molar-refractivity contribution in [2.24, 2.45) is 5.92 Å². The van der Waals surface area contributed by atoms with Crippen LogP contribution in [0.5, 0.6) is 0 Å². The third-order valence-electron chi connectivity index (χ3n) is 5.70. The zero-order valence-electron chi connectivity index (χ0n) is 18.7. The third kappa shape index (κ3) is 5.77. The summed E-state index contributed by atoms with van der Waals surface area (Å²) < 4.78 is 19.7. The molecule has 2 aromatic carbocycles. The number of ether oxygens (including phenoxy) is 1. The van der Waals surface area contributed by atoms with Crippen LogP contribution in [0.25, 0.3) is 0 Å². The van der Waals surface area contributed by atoms with Gasteiger partial charge in [0, 0.05) is 23.8 Å². The molecule has 0 N–H and O–H groups in total. The van der Waals surface area contributed by atoms with Gasteiger partial charge in [0.05, 0.1) is 24.4 Å². The Bertz CT molecular complexity index is 779. The van der Waals surface area contributed by atoms with Gasteiger partial charge in [-0.15, -0.1) is 11.8 Å². The Morgan fingerprint density at radius 3 is 2.43 bits per heavy atom. The smallest absolute Gasteiger partial charge is 0.123 e. The summed E-state index contributed by atoms with van der Waals surface area (Å²) in [6, 6.07) is 16.2. The first-order valence-corrected chi connectivity index (χ1v) is 12.1. The van der Waals surface area contributed by atoms with Gasteiger partial charge in [-0.05, 0) is 48.8 Å². The van der Waals surface area contributed by atoms with Gasteiger partial charge in [0.1, 0.15) is 5.82 Å². The predicted molar refractivity (Wildman–Crippen MR) is 126 cm³/mol. The summed E-state index contributed by atoms with van der Waals surface area (Å²) >= 11 is 1.89. The number of para-hydroxylation sites is 1. The predicted octanol–water partition coefficient (Wildman–Crippen LogP) is 5.86. The van der Waals surface area contributed by atoms with Crippen molar-refractivity contribution >= 4 is 17.4 Å². The fourth-order valence-corrected chi connectivity index (χ4v) is 5.33. The number of thioether (sulfide) groups is 1. The first-order chi connectivity index (χ1) is 14.5. The maximum Gasteiger partial charge on any atom is 0.123 e. The van der Waals surface area contributed by atoms with E-state index in [1.54, 1.807) is 12.1 Å². The van der Waals surface area contributed by atoms with Crippen molar-refractivity contribution in [1.29, 1.82) is 0 Å². The molecule has 1 aliphatic rings. The first-order valence-electron chi connectivity index (χ1n) is 11.1. The zero-order chi connectivity index (χ0) is 21.5. The lowest BCUT2D eigenvalue weighted by Gasteiger charge is -2.43. The Kier molecular flexibility index (Phi) is 8.61. The van der Waals surface area contributed by atoms with Crippen LogP contribution >= 0.6 is 11.8 Å². The number of halogens is 1. The van der Waals surface area contributed by atoms with Crippen LogP contribution in [-0.4, -0.2) is 49.5 Å². The van der Waals surface area contributed by atoms with Crippen molar-refractivity contribution in [2.75, 3.05) is 43.5 Å². The van der Waals surface area contributed by atoms with Crippen LogP contribution in [0.3, 0.4) is 0 Å². The van der Waals surface area contributed by atoms with Gasteiger partial charge in [0.15, 0.2) is 0 Å². The molecule has 1 aliphatic heterocycles. The lowest BCUT2D eigenvalue weighted by molar-refractivity contribution is 0.0515.